The van der Waals surface area contributed by atoms with Gasteiger partial charge in [0.05, 0.1) is 11.5 Å². The van der Waals surface area contributed by atoms with Crippen molar-refractivity contribution in [2.75, 3.05) is 11.9 Å². The van der Waals surface area contributed by atoms with Gasteiger partial charge in [-0.05, 0) is 42.8 Å². The summed E-state index contributed by atoms with van der Waals surface area (Å²) in [6, 6.07) is 11.4. The highest BCUT2D eigenvalue weighted by molar-refractivity contribution is 7.16. The number of benzene rings is 1. The lowest BCUT2D eigenvalue weighted by molar-refractivity contribution is -0.380. The molecule has 0 aliphatic rings. The Morgan fingerprint density at radius 3 is 2.64 bits per heavy atom. The number of nitriles is 1. The molecule has 1 N–H and O–H groups in total. The first kappa shape index (κ1) is 18.2. The summed E-state index contributed by atoms with van der Waals surface area (Å²) in [7, 11) is 0. The third-order valence-electron chi connectivity index (χ3n) is 3.03. The largest absolute Gasteiger partial charge is 0.494 e. The van der Waals surface area contributed by atoms with Gasteiger partial charge in [-0.25, -0.2) is 0 Å². The van der Waals surface area contributed by atoms with Crippen LogP contribution in [0.3, 0.4) is 0 Å². The second-order valence-corrected chi connectivity index (χ2v) is 6.02. The van der Waals surface area contributed by atoms with Crippen LogP contribution in [0.2, 0.25) is 0 Å². The van der Waals surface area contributed by atoms with E-state index < -0.39 is 10.8 Å². The van der Waals surface area contributed by atoms with Gasteiger partial charge in [0.25, 0.3) is 5.91 Å². The van der Waals surface area contributed by atoms with E-state index >= 15 is 0 Å². The predicted octanol–water partition coefficient (Wildman–Crippen LogP) is 3.99. The minimum atomic E-state index is -0.583. The van der Waals surface area contributed by atoms with Crippen molar-refractivity contribution in [2.45, 2.75) is 13.3 Å². The third-order valence-corrected chi connectivity index (χ3v) is 4.01. The highest BCUT2D eigenvalue weighted by atomic mass is 32.1. The second-order valence-electron chi connectivity index (χ2n) is 4.93. The lowest BCUT2D eigenvalue weighted by Crippen LogP contribution is -2.13. The van der Waals surface area contributed by atoms with E-state index in [1.54, 1.807) is 24.3 Å². The molecule has 0 unspecified atom stereocenters. The quantitative estimate of drug-likeness (QED) is 0.349. The molecule has 25 heavy (non-hydrogen) atoms. The Morgan fingerprint density at radius 2 is 2.08 bits per heavy atom. The first-order valence-corrected chi connectivity index (χ1v) is 8.25. The molecule has 0 fully saturated rings. The van der Waals surface area contributed by atoms with E-state index in [-0.39, 0.29) is 10.6 Å². The van der Waals surface area contributed by atoms with Crippen LogP contribution in [0.25, 0.3) is 6.08 Å². The number of carbonyl (C=O) groups is 1. The molecule has 1 amide bonds. The average molecular weight is 357 g/mol. The maximum Gasteiger partial charge on any atom is 0.324 e. The highest BCUT2D eigenvalue weighted by Crippen LogP contribution is 2.26. The number of ether oxygens (including phenoxy) is 1. The van der Waals surface area contributed by atoms with Gasteiger partial charge in [-0.1, -0.05) is 18.3 Å². The predicted molar refractivity (Wildman–Crippen MR) is 95.4 cm³/mol. The Balaban J connectivity index is 2.07. The lowest BCUT2D eigenvalue weighted by Gasteiger charge is -2.07. The summed E-state index contributed by atoms with van der Waals surface area (Å²) in [6.07, 6.45) is 2.22. The Hall–Kier alpha value is -3.18. The smallest absolute Gasteiger partial charge is 0.324 e. The summed E-state index contributed by atoms with van der Waals surface area (Å²) in [4.78, 5) is 22.8. The normalized spacial score (nSPS) is 10.8. The fourth-order valence-corrected chi connectivity index (χ4v) is 2.63. The van der Waals surface area contributed by atoms with Crippen molar-refractivity contribution in [1.82, 2.24) is 0 Å². The summed E-state index contributed by atoms with van der Waals surface area (Å²) in [6.45, 7) is 2.62. The van der Waals surface area contributed by atoms with E-state index in [1.807, 2.05) is 13.0 Å². The van der Waals surface area contributed by atoms with E-state index in [2.05, 4.69) is 5.32 Å². The van der Waals surface area contributed by atoms with Crippen LogP contribution in [0.4, 0.5) is 10.7 Å². The van der Waals surface area contributed by atoms with E-state index in [4.69, 9.17) is 10.00 Å². The molecule has 1 heterocycles. The highest BCUT2D eigenvalue weighted by Gasteiger charge is 2.13. The maximum absolute atomic E-state index is 12.2. The second kappa shape index (κ2) is 8.61. The van der Waals surface area contributed by atoms with Gasteiger partial charge < -0.3 is 10.1 Å². The van der Waals surface area contributed by atoms with E-state index in [0.29, 0.717) is 22.9 Å². The van der Waals surface area contributed by atoms with Crippen LogP contribution in [0.1, 0.15) is 18.2 Å². The Kier molecular flexibility index (Phi) is 6.26. The van der Waals surface area contributed by atoms with Crippen molar-refractivity contribution < 1.29 is 14.5 Å². The molecule has 1 aromatic carbocycles. The van der Waals surface area contributed by atoms with Crippen LogP contribution in [-0.4, -0.2) is 17.4 Å². The number of nitrogens with zero attached hydrogens (tertiary/aromatic N) is 2. The first-order valence-electron chi connectivity index (χ1n) is 7.43. The Labute approximate surface area is 148 Å². The van der Waals surface area contributed by atoms with Gasteiger partial charge >= 0.3 is 5.00 Å². The van der Waals surface area contributed by atoms with E-state index in [1.165, 1.54) is 18.2 Å². The number of carbonyl (C=O) groups excluding carboxylic acids is 1. The molecule has 7 nitrogen and oxygen atoms in total. The van der Waals surface area contributed by atoms with Gasteiger partial charge in [-0.3, -0.25) is 14.9 Å². The monoisotopic (exact) mass is 357 g/mol. The molecule has 0 spiro atoms. The Morgan fingerprint density at radius 1 is 1.36 bits per heavy atom. The zero-order valence-corrected chi connectivity index (χ0v) is 14.2. The number of nitrogens with one attached hydrogen (secondary N) is 1. The molecule has 0 saturated heterocycles. The average Bonchev–Trinajstić information content (AvgIpc) is 3.08. The van der Waals surface area contributed by atoms with Crippen molar-refractivity contribution in [3.05, 3.63) is 57.0 Å². The minimum absolute atomic E-state index is 0.0494. The molecule has 2 aromatic rings. The standard InChI is InChI=1S/C17H15N3O4S/c1-2-9-24-14-5-3-13(4-6-14)19-17(21)12(11-18)10-15-7-8-16(25-15)20(22)23/h3-8,10H,2,9H2,1H3,(H,19,21)/b12-10+. The van der Waals surface area contributed by atoms with Gasteiger partial charge in [0.2, 0.25) is 0 Å². The number of rotatable bonds is 7. The van der Waals surface area contributed by atoms with E-state index in [9.17, 15) is 14.9 Å². The molecule has 0 aliphatic heterocycles. The zero-order chi connectivity index (χ0) is 18.2. The van der Waals surface area contributed by atoms with Gasteiger partial charge in [0.15, 0.2) is 0 Å². The Bertz CT molecular complexity index is 834. The summed E-state index contributed by atoms with van der Waals surface area (Å²) in [5.74, 6) is 0.113. The number of amides is 1. The molecule has 1 aromatic heterocycles. The van der Waals surface area contributed by atoms with Crippen molar-refractivity contribution in [2.24, 2.45) is 0 Å². The summed E-state index contributed by atoms with van der Waals surface area (Å²) in [5, 5.41) is 22.4. The minimum Gasteiger partial charge on any atom is -0.494 e. The number of nitro groups is 1. The molecule has 0 radical (unpaired) electrons. The number of anilines is 1. The van der Waals surface area contributed by atoms with Gasteiger partial charge in [0, 0.05) is 16.6 Å². The first-order chi connectivity index (χ1) is 12.0. The topological polar surface area (TPSA) is 105 Å². The molecule has 128 valence electrons. The molecule has 0 atom stereocenters. The van der Waals surface area contributed by atoms with Crippen LogP contribution >= 0.6 is 11.3 Å². The summed E-state index contributed by atoms with van der Waals surface area (Å²) < 4.78 is 5.45. The fourth-order valence-electron chi connectivity index (χ4n) is 1.86. The van der Waals surface area contributed by atoms with Gasteiger partial charge in [0.1, 0.15) is 17.4 Å². The zero-order valence-electron chi connectivity index (χ0n) is 13.4. The third kappa shape index (κ3) is 5.16. The van der Waals surface area contributed by atoms with Crippen LogP contribution < -0.4 is 10.1 Å². The van der Waals surface area contributed by atoms with Crippen LogP contribution in [-0.2, 0) is 4.79 Å². The van der Waals surface area contributed by atoms with Gasteiger partial charge in [-0.2, -0.15) is 5.26 Å². The van der Waals surface area contributed by atoms with E-state index in [0.717, 1.165) is 17.8 Å². The van der Waals surface area contributed by atoms with Crippen LogP contribution in [0.15, 0.2) is 42.0 Å². The SMILES string of the molecule is CCCOc1ccc(NC(=O)/C(C#N)=C/c2ccc([N+](=O)[O-])s2)cc1. The fraction of sp³-hybridized carbons (Fsp3) is 0.176. The summed E-state index contributed by atoms with van der Waals surface area (Å²) in [5.41, 5.74) is 0.384. The van der Waals surface area contributed by atoms with Crippen molar-refractivity contribution >= 4 is 34.0 Å². The van der Waals surface area contributed by atoms with Gasteiger partial charge in [-0.15, -0.1) is 0 Å². The van der Waals surface area contributed by atoms with Crippen molar-refractivity contribution in [3.63, 3.8) is 0 Å². The van der Waals surface area contributed by atoms with Crippen LogP contribution in [0.5, 0.6) is 5.75 Å². The number of hydrogen-bond donors (Lipinski definition) is 1. The molecular weight excluding hydrogens is 342 g/mol. The molecule has 0 bridgehead atoms. The van der Waals surface area contributed by atoms with Crippen LogP contribution in [0, 0.1) is 21.4 Å². The number of hydrogen-bond acceptors (Lipinski definition) is 6. The molecule has 8 heteroatoms. The number of thiophene rings is 1. The molecular formula is C17H15N3O4S. The molecule has 0 aliphatic carbocycles. The van der Waals surface area contributed by atoms with Crippen molar-refractivity contribution in [3.8, 4) is 11.8 Å². The molecule has 0 saturated carbocycles. The lowest BCUT2D eigenvalue weighted by atomic mass is 10.2. The molecule has 2 rings (SSSR count). The summed E-state index contributed by atoms with van der Waals surface area (Å²) >= 11 is 0.895. The van der Waals surface area contributed by atoms with Crippen molar-refractivity contribution in [1.29, 1.82) is 5.26 Å². The maximum atomic E-state index is 12.2.